The molecule has 3 aromatic rings. The molecule has 1 fully saturated rings. The van der Waals surface area contributed by atoms with Crippen molar-refractivity contribution in [1.82, 2.24) is 30.5 Å². The number of carbonyl (C=O) groups excluding carboxylic acids is 5. The first-order chi connectivity index (χ1) is 25.5. The van der Waals surface area contributed by atoms with Gasteiger partial charge in [0.1, 0.15) is 23.2 Å². The summed E-state index contributed by atoms with van der Waals surface area (Å²) < 4.78 is 19.0. The maximum Gasteiger partial charge on any atom is 0.264 e. The molecule has 15 heteroatoms. The Morgan fingerprint density at radius 1 is 1.06 bits per heavy atom. The molecule has 3 N–H and O–H groups in total. The fourth-order valence-corrected chi connectivity index (χ4v) is 6.86. The van der Waals surface area contributed by atoms with Crippen LogP contribution in [-0.2, 0) is 25.7 Å². The minimum absolute atomic E-state index is 0.00218. The Bertz CT molecular complexity index is 2130. The van der Waals surface area contributed by atoms with E-state index in [1.54, 1.807) is 25.0 Å². The summed E-state index contributed by atoms with van der Waals surface area (Å²) in [5.41, 5.74) is 3.54. The lowest BCUT2D eigenvalue weighted by atomic mass is 9.78. The zero-order valence-corrected chi connectivity index (χ0v) is 31.7. The molecule has 2 unspecified atom stereocenters. The highest BCUT2D eigenvalue weighted by Gasteiger charge is 2.46. The van der Waals surface area contributed by atoms with E-state index >= 15 is 0 Å². The number of hydrogen-bond donors (Lipinski definition) is 3. The summed E-state index contributed by atoms with van der Waals surface area (Å²) in [5, 5.41) is 17.4. The average molecular weight is 740 g/mol. The molecule has 54 heavy (non-hydrogen) atoms. The second-order valence-electron chi connectivity index (χ2n) is 14.9. The van der Waals surface area contributed by atoms with Gasteiger partial charge in [0, 0.05) is 31.0 Å². The first-order valence-electron chi connectivity index (χ1n) is 17.6. The fraction of sp³-hybridized carbons (Fsp3) is 0.410. The van der Waals surface area contributed by atoms with Crippen LogP contribution in [0.2, 0.25) is 0 Å². The normalized spacial score (nSPS) is 19.9. The van der Waals surface area contributed by atoms with E-state index in [2.05, 4.69) is 53.1 Å². The van der Waals surface area contributed by atoms with Gasteiger partial charge < -0.3 is 24.8 Å². The van der Waals surface area contributed by atoms with Gasteiger partial charge >= 0.3 is 0 Å². The van der Waals surface area contributed by atoms with Crippen molar-refractivity contribution in [3.05, 3.63) is 81.9 Å². The highest BCUT2D eigenvalue weighted by Crippen LogP contribution is 2.37. The van der Waals surface area contributed by atoms with Gasteiger partial charge in [0.05, 0.1) is 48.2 Å². The second-order valence-corrected chi connectivity index (χ2v) is 14.9. The number of nitrogens with zero attached hydrogens (tertiary/aromatic N) is 4. The zero-order valence-electron chi connectivity index (χ0n) is 31.7. The highest BCUT2D eigenvalue weighted by molar-refractivity contribution is 6.26. The third-order valence-electron chi connectivity index (χ3n) is 9.90. The lowest BCUT2D eigenvalue weighted by Crippen LogP contribution is -2.54. The van der Waals surface area contributed by atoms with Crippen molar-refractivity contribution in [2.24, 2.45) is 5.41 Å². The van der Waals surface area contributed by atoms with E-state index in [-0.39, 0.29) is 41.7 Å². The molecule has 0 bridgehead atoms. The zero-order chi connectivity index (χ0) is 39.1. The number of hydrogen-bond acceptors (Lipinski definition) is 11. The monoisotopic (exact) mass is 739 g/mol. The van der Waals surface area contributed by atoms with Crippen molar-refractivity contribution >= 4 is 35.2 Å². The smallest absolute Gasteiger partial charge is 0.264 e. The second kappa shape index (κ2) is 14.5. The van der Waals surface area contributed by atoms with Crippen LogP contribution in [0.3, 0.4) is 0 Å². The van der Waals surface area contributed by atoms with Crippen LogP contribution in [0, 0.1) is 19.3 Å². The van der Waals surface area contributed by atoms with E-state index in [4.69, 9.17) is 14.2 Å². The van der Waals surface area contributed by atoms with Gasteiger partial charge in [0.2, 0.25) is 11.8 Å². The molecule has 2 atom stereocenters. The number of imide groups is 2. The number of amides is 5. The molecular formula is C39H45N7O8. The van der Waals surface area contributed by atoms with E-state index in [1.807, 2.05) is 39.0 Å². The quantitative estimate of drug-likeness (QED) is 0.241. The number of aromatic nitrogens is 3. The maximum atomic E-state index is 13.5. The predicted octanol–water partition coefficient (Wildman–Crippen LogP) is 4.07. The molecule has 0 spiro atoms. The number of methoxy groups -OCH3 is 2. The Morgan fingerprint density at radius 2 is 1.80 bits per heavy atom. The summed E-state index contributed by atoms with van der Waals surface area (Å²) in [5.74, 6) is -1.17. The Labute approximate surface area is 313 Å². The molecule has 6 rings (SSSR count). The summed E-state index contributed by atoms with van der Waals surface area (Å²) >= 11 is 0. The van der Waals surface area contributed by atoms with Crippen LogP contribution in [0.25, 0.3) is 5.69 Å². The number of fused-ring (bicyclic) bond motifs is 1. The molecule has 15 nitrogen and oxygen atoms in total. The Balaban J connectivity index is 1.14. The van der Waals surface area contributed by atoms with Crippen LogP contribution in [0.1, 0.15) is 84.6 Å². The molecule has 0 saturated carbocycles. The predicted molar refractivity (Wildman–Crippen MR) is 197 cm³/mol. The molecule has 1 aromatic heterocycles. The summed E-state index contributed by atoms with van der Waals surface area (Å²) in [6.07, 6.45) is 4.55. The number of piperidine rings is 1. The van der Waals surface area contributed by atoms with Crippen LogP contribution in [0.15, 0.2) is 53.8 Å². The molecule has 3 heterocycles. The average Bonchev–Trinajstić information content (AvgIpc) is 3.61. The lowest BCUT2D eigenvalue weighted by Gasteiger charge is -2.36. The SMILES string of the molecule is COc1cc(-n2nnc(CNC3(C)C=C(C(C)(C)C)C=C(OCC(=O)Nc4cccc5c4C(=O)N(C4CCC(=O)NC4=O)C5=O)C3)c2C)c(OC)cc1C. The van der Waals surface area contributed by atoms with Crippen molar-refractivity contribution < 1.29 is 38.2 Å². The van der Waals surface area contributed by atoms with E-state index in [0.717, 1.165) is 27.4 Å². The van der Waals surface area contributed by atoms with Gasteiger partial charge in [-0.15, -0.1) is 5.10 Å². The minimum atomic E-state index is -1.12. The Hall–Kier alpha value is -5.83. The van der Waals surface area contributed by atoms with E-state index in [1.165, 1.54) is 12.1 Å². The molecule has 2 aromatic carbocycles. The Morgan fingerprint density at radius 3 is 2.48 bits per heavy atom. The number of carbonyl (C=O) groups is 5. The van der Waals surface area contributed by atoms with Gasteiger partial charge in [-0.1, -0.05) is 38.1 Å². The summed E-state index contributed by atoms with van der Waals surface area (Å²) in [4.78, 5) is 65.0. The lowest BCUT2D eigenvalue weighted by molar-refractivity contribution is -0.136. The largest absolute Gasteiger partial charge is 0.496 e. The molecule has 5 amide bonds. The molecule has 284 valence electrons. The third kappa shape index (κ3) is 7.36. The first kappa shape index (κ1) is 37.9. The molecule has 3 aliphatic rings. The first-order valence-corrected chi connectivity index (χ1v) is 17.6. The van der Waals surface area contributed by atoms with Crippen LogP contribution in [0.4, 0.5) is 5.69 Å². The van der Waals surface area contributed by atoms with E-state index in [9.17, 15) is 24.0 Å². The summed E-state index contributed by atoms with van der Waals surface area (Å²) in [7, 11) is 3.22. The standard InChI is InChI=1S/C39H45N7O8/c1-21-14-31(53-8)29(16-30(21)52-7)46-22(2)27(43-44-46)19-40-39(6)17-23(38(3,4)5)15-24(18-39)54-20-33(48)41-26-11-9-10-25-34(26)37(51)45(36(25)50)28-12-13-32(47)42-35(28)49/h9-11,14-17,28,40H,12-13,18-20H2,1-8H3,(H,41,48)(H,42,47,49). The molecule has 1 saturated heterocycles. The number of rotatable bonds is 11. The van der Waals surface area contributed by atoms with Crippen molar-refractivity contribution in [3.63, 3.8) is 0 Å². The minimum Gasteiger partial charge on any atom is -0.496 e. The van der Waals surface area contributed by atoms with Crippen molar-refractivity contribution in [2.45, 2.75) is 78.9 Å². The van der Waals surface area contributed by atoms with Gasteiger partial charge in [0.15, 0.2) is 6.61 Å². The summed E-state index contributed by atoms with van der Waals surface area (Å²) in [6, 6.07) is 7.17. The van der Waals surface area contributed by atoms with Crippen LogP contribution in [-0.4, -0.2) is 81.8 Å². The summed E-state index contributed by atoms with van der Waals surface area (Å²) in [6.45, 7) is 12.2. The topological polar surface area (TPSA) is 183 Å². The van der Waals surface area contributed by atoms with Crippen molar-refractivity contribution in [2.75, 3.05) is 26.1 Å². The third-order valence-corrected chi connectivity index (χ3v) is 9.90. The molecule has 2 aliphatic heterocycles. The van der Waals surface area contributed by atoms with E-state index < -0.39 is 41.1 Å². The number of nitrogens with one attached hydrogen (secondary N) is 3. The molecule has 1 aliphatic carbocycles. The number of benzene rings is 2. The highest BCUT2D eigenvalue weighted by atomic mass is 16.5. The van der Waals surface area contributed by atoms with Crippen molar-refractivity contribution in [1.29, 1.82) is 0 Å². The number of ether oxygens (including phenoxy) is 3. The van der Waals surface area contributed by atoms with Gasteiger partial charge in [-0.2, -0.15) is 0 Å². The molecule has 0 radical (unpaired) electrons. The van der Waals surface area contributed by atoms with E-state index in [0.29, 0.717) is 35.9 Å². The number of anilines is 1. The van der Waals surface area contributed by atoms with Crippen LogP contribution in [0.5, 0.6) is 11.5 Å². The fourth-order valence-electron chi connectivity index (χ4n) is 6.86. The molecular weight excluding hydrogens is 694 g/mol. The van der Waals surface area contributed by atoms with Gasteiger partial charge in [-0.3, -0.25) is 34.2 Å². The maximum absolute atomic E-state index is 13.5. The Kier molecular flexibility index (Phi) is 10.2. The van der Waals surface area contributed by atoms with Gasteiger partial charge in [-0.25, -0.2) is 4.68 Å². The van der Waals surface area contributed by atoms with Crippen LogP contribution < -0.4 is 25.4 Å². The van der Waals surface area contributed by atoms with Crippen molar-refractivity contribution in [3.8, 4) is 17.2 Å². The van der Waals surface area contributed by atoms with Gasteiger partial charge in [-0.05, 0) is 68.0 Å². The number of aryl methyl sites for hydroxylation is 1. The number of allylic oxidation sites excluding steroid dienone is 2. The van der Waals surface area contributed by atoms with Gasteiger partial charge in [0.25, 0.3) is 17.7 Å². The van der Waals surface area contributed by atoms with Crippen LogP contribution >= 0.6 is 0 Å².